The highest BCUT2D eigenvalue weighted by atomic mass is 16.5. The molecule has 1 aromatic carbocycles. The van der Waals surface area contributed by atoms with Gasteiger partial charge in [-0.1, -0.05) is 6.92 Å². The van der Waals surface area contributed by atoms with E-state index in [0.29, 0.717) is 36.6 Å². The van der Waals surface area contributed by atoms with Crippen LogP contribution in [0.3, 0.4) is 0 Å². The SMILES string of the molecule is COc1ccc(Cn2ncc3cc(C(=O)NCC(C)CN)cnc32)c(OC)c1. The molecule has 8 heteroatoms. The van der Waals surface area contributed by atoms with E-state index in [1.807, 2.05) is 25.1 Å². The average molecular weight is 383 g/mol. The number of amides is 1. The van der Waals surface area contributed by atoms with Gasteiger partial charge in [0.2, 0.25) is 0 Å². The van der Waals surface area contributed by atoms with E-state index in [4.69, 9.17) is 15.2 Å². The molecule has 0 saturated carbocycles. The topological polar surface area (TPSA) is 104 Å². The van der Waals surface area contributed by atoms with Crippen LogP contribution in [-0.2, 0) is 6.54 Å². The Balaban J connectivity index is 1.80. The average Bonchev–Trinajstić information content (AvgIpc) is 3.13. The van der Waals surface area contributed by atoms with Crippen LogP contribution in [0, 0.1) is 5.92 Å². The minimum atomic E-state index is -0.167. The predicted molar refractivity (Wildman–Crippen MR) is 107 cm³/mol. The zero-order valence-corrected chi connectivity index (χ0v) is 16.3. The first-order valence-electron chi connectivity index (χ1n) is 9.06. The molecule has 3 N–H and O–H groups in total. The van der Waals surface area contributed by atoms with Crippen molar-refractivity contribution in [2.45, 2.75) is 13.5 Å². The van der Waals surface area contributed by atoms with E-state index in [9.17, 15) is 4.79 Å². The van der Waals surface area contributed by atoms with Gasteiger partial charge in [0.15, 0.2) is 5.65 Å². The minimum absolute atomic E-state index is 0.167. The number of hydrogen-bond acceptors (Lipinski definition) is 6. The lowest BCUT2D eigenvalue weighted by atomic mass is 10.1. The molecule has 0 radical (unpaired) electrons. The van der Waals surface area contributed by atoms with Gasteiger partial charge in [-0.15, -0.1) is 0 Å². The van der Waals surface area contributed by atoms with Gasteiger partial charge < -0.3 is 20.5 Å². The zero-order chi connectivity index (χ0) is 20.1. The number of nitrogens with one attached hydrogen (secondary N) is 1. The van der Waals surface area contributed by atoms with Crippen LogP contribution in [0.5, 0.6) is 11.5 Å². The molecule has 3 rings (SSSR count). The molecule has 8 nitrogen and oxygen atoms in total. The molecule has 1 atom stereocenters. The molecule has 28 heavy (non-hydrogen) atoms. The maximum absolute atomic E-state index is 12.3. The van der Waals surface area contributed by atoms with E-state index in [-0.39, 0.29) is 11.8 Å². The summed E-state index contributed by atoms with van der Waals surface area (Å²) in [7, 11) is 3.23. The van der Waals surface area contributed by atoms with Gasteiger partial charge in [-0.05, 0) is 30.7 Å². The smallest absolute Gasteiger partial charge is 0.252 e. The fourth-order valence-electron chi connectivity index (χ4n) is 2.81. The second kappa shape index (κ2) is 8.71. The number of ether oxygens (including phenoxy) is 2. The number of nitrogens with two attached hydrogens (primary N) is 1. The third-order valence-electron chi connectivity index (χ3n) is 4.57. The number of fused-ring (bicyclic) bond motifs is 1. The summed E-state index contributed by atoms with van der Waals surface area (Å²) >= 11 is 0. The standard InChI is InChI=1S/C20H25N5O3/c1-13(8-21)9-23-20(26)16-6-15-11-24-25(19(15)22-10-16)12-14-4-5-17(27-2)7-18(14)28-3/h4-7,10-11,13H,8-9,12,21H2,1-3H3,(H,23,26). The quantitative estimate of drug-likeness (QED) is 0.615. The molecule has 148 valence electrons. The first-order chi connectivity index (χ1) is 13.5. The Labute approximate surface area is 163 Å². The van der Waals surface area contributed by atoms with Gasteiger partial charge in [-0.3, -0.25) is 4.79 Å². The van der Waals surface area contributed by atoms with Crippen LogP contribution >= 0.6 is 0 Å². The fraction of sp³-hybridized carbons (Fsp3) is 0.350. The summed E-state index contributed by atoms with van der Waals surface area (Å²) in [6, 6.07) is 7.44. The third kappa shape index (κ3) is 4.23. The molecule has 0 spiro atoms. The normalized spacial score (nSPS) is 12.0. The van der Waals surface area contributed by atoms with E-state index in [1.165, 1.54) is 0 Å². The number of aromatic nitrogens is 3. The van der Waals surface area contributed by atoms with Crippen molar-refractivity contribution in [3.8, 4) is 11.5 Å². The third-order valence-corrected chi connectivity index (χ3v) is 4.57. The Bertz CT molecular complexity index is 970. The van der Waals surface area contributed by atoms with Gasteiger partial charge in [0.25, 0.3) is 5.91 Å². The summed E-state index contributed by atoms with van der Waals surface area (Å²) in [4.78, 5) is 16.7. The molecule has 0 saturated heterocycles. The van der Waals surface area contributed by atoms with Gasteiger partial charge in [-0.25, -0.2) is 9.67 Å². The Morgan fingerprint density at radius 3 is 2.79 bits per heavy atom. The number of pyridine rings is 1. The van der Waals surface area contributed by atoms with E-state index >= 15 is 0 Å². The Hall–Kier alpha value is -3.13. The summed E-state index contributed by atoms with van der Waals surface area (Å²) in [5, 5.41) is 8.09. The van der Waals surface area contributed by atoms with Crippen LogP contribution in [0.15, 0.2) is 36.7 Å². The molecule has 2 aromatic heterocycles. The van der Waals surface area contributed by atoms with Crippen molar-refractivity contribution in [3.05, 3.63) is 47.8 Å². The van der Waals surface area contributed by atoms with Crippen molar-refractivity contribution in [3.63, 3.8) is 0 Å². The van der Waals surface area contributed by atoms with Crippen LogP contribution in [0.25, 0.3) is 11.0 Å². The van der Waals surface area contributed by atoms with E-state index in [1.54, 1.807) is 37.4 Å². The Morgan fingerprint density at radius 1 is 1.25 bits per heavy atom. The lowest BCUT2D eigenvalue weighted by Crippen LogP contribution is -2.31. The summed E-state index contributed by atoms with van der Waals surface area (Å²) in [6.45, 7) is 3.53. The van der Waals surface area contributed by atoms with E-state index in [2.05, 4.69) is 15.4 Å². The number of methoxy groups -OCH3 is 2. The lowest BCUT2D eigenvalue weighted by Gasteiger charge is -2.11. The number of hydrogen-bond donors (Lipinski definition) is 2. The molecular weight excluding hydrogens is 358 g/mol. The first-order valence-corrected chi connectivity index (χ1v) is 9.06. The molecule has 1 amide bonds. The number of rotatable bonds is 8. The molecule has 0 aliphatic heterocycles. The summed E-state index contributed by atoms with van der Waals surface area (Å²) in [6.07, 6.45) is 3.27. The molecule has 0 bridgehead atoms. The zero-order valence-electron chi connectivity index (χ0n) is 16.3. The molecule has 3 aromatic rings. The highest BCUT2D eigenvalue weighted by molar-refractivity contribution is 5.96. The van der Waals surface area contributed by atoms with Crippen molar-refractivity contribution in [1.82, 2.24) is 20.1 Å². The number of carbonyl (C=O) groups is 1. The largest absolute Gasteiger partial charge is 0.497 e. The highest BCUT2D eigenvalue weighted by Gasteiger charge is 2.13. The van der Waals surface area contributed by atoms with Crippen molar-refractivity contribution in [2.75, 3.05) is 27.3 Å². The lowest BCUT2D eigenvalue weighted by molar-refractivity contribution is 0.0948. The van der Waals surface area contributed by atoms with Crippen LogP contribution in [0.1, 0.15) is 22.8 Å². The maximum atomic E-state index is 12.3. The van der Waals surface area contributed by atoms with Crippen LogP contribution < -0.4 is 20.5 Å². The maximum Gasteiger partial charge on any atom is 0.252 e. The summed E-state index contributed by atoms with van der Waals surface area (Å²) in [5.74, 6) is 1.50. The van der Waals surface area contributed by atoms with E-state index in [0.717, 1.165) is 16.7 Å². The molecule has 1 unspecified atom stereocenters. The molecule has 0 fully saturated rings. The first kappa shape index (κ1) is 19.6. The fourth-order valence-corrected chi connectivity index (χ4v) is 2.81. The van der Waals surface area contributed by atoms with Gasteiger partial charge in [0.05, 0.1) is 32.5 Å². The molecular formula is C20H25N5O3. The van der Waals surface area contributed by atoms with Crippen molar-refractivity contribution < 1.29 is 14.3 Å². The van der Waals surface area contributed by atoms with Crippen molar-refractivity contribution >= 4 is 16.9 Å². The van der Waals surface area contributed by atoms with E-state index < -0.39 is 0 Å². The summed E-state index contributed by atoms with van der Waals surface area (Å²) < 4.78 is 12.5. The molecule has 0 aliphatic carbocycles. The Kier molecular flexibility index (Phi) is 6.10. The molecule has 0 aliphatic rings. The van der Waals surface area contributed by atoms with Gasteiger partial charge in [-0.2, -0.15) is 5.10 Å². The molecule has 2 heterocycles. The monoisotopic (exact) mass is 383 g/mol. The highest BCUT2D eigenvalue weighted by Crippen LogP contribution is 2.26. The van der Waals surface area contributed by atoms with Crippen molar-refractivity contribution in [1.29, 1.82) is 0 Å². The van der Waals surface area contributed by atoms with Gasteiger partial charge in [0.1, 0.15) is 11.5 Å². The number of benzene rings is 1. The van der Waals surface area contributed by atoms with Crippen molar-refractivity contribution in [2.24, 2.45) is 11.7 Å². The van der Waals surface area contributed by atoms with Gasteiger partial charge >= 0.3 is 0 Å². The second-order valence-electron chi connectivity index (χ2n) is 6.67. The van der Waals surface area contributed by atoms with Crippen LogP contribution in [0.4, 0.5) is 0 Å². The Morgan fingerprint density at radius 2 is 2.07 bits per heavy atom. The number of carbonyl (C=O) groups excluding carboxylic acids is 1. The second-order valence-corrected chi connectivity index (χ2v) is 6.67. The predicted octanol–water partition coefficient (Wildman–Crippen LogP) is 1.82. The number of nitrogens with zero attached hydrogens (tertiary/aromatic N) is 3. The van der Waals surface area contributed by atoms with Crippen LogP contribution in [0.2, 0.25) is 0 Å². The van der Waals surface area contributed by atoms with Gasteiger partial charge in [0, 0.05) is 29.8 Å². The minimum Gasteiger partial charge on any atom is -0.497 e. The summed E-state index contributed by atoms with van der Waals surface area (Å²) in [5.41, 5.74) is 7.73. The van der Waals surface area contributed by atoms with Crippen LogP contribution in [-0.4, -0.2) is 48.0 Å².